The summed E-state index contributed by atoms with van der Waals surface area (Å²) in [4.78, 5) is 17.8. The van der Waals surface area contributed by atoms with Gasteiger partial charge in [-0.1, -0.05) is 6.07 Å². The standard InChI is InChI=1S/C15H25N3OS/c1-11(2)17(4)8-6-9-18-14(13-7-5-10-20-13)16-12(3)15(18)19/h5,7,10-12,14,16H,6,8-9H2,1-4H3. The first-order valence-electron chi connectivity index (χ1n) is 7.31. The first-order chi connectivity index (χ1) is 9.50. The summed E-state index contributed by atoms with van der Waals surface area (Å²) in [7, 11) is 2.13. The molecule has 0 radical (unpaired) electrons. The van der Waals surface area contributed by atoms with Gasteiger partial charge in [0.05, 0.1) is 6.04 Å². The highest BCUT2D eigenvalue weighted by Gasteiger charge is 2.37. The summed E-state index contributed by atoms with van der Waals surface area (Å²) in [6.07, 6.45) is 1.07. The van der Waals surface area contributed by atoms with Crippen LogP contribution in [-0.4, -0.2) is 47.9 Å². The van der Waals surface area contributed by atoms with Crippen molar-refractivity contribution in [2.45, 2.75) is 45.4 Å². The Morgan fingerprint density at radius 1 is 1.50 bits per heavy atom. The second-order valence-corrected chi connectivity index (χ2v) is 6.75. The third-order valence-electron chi connectivity index (χ3n) is 3.98. The second-order valence-electron chi connectivity index (χ2n) is 5.77. The smallest absolute Gasteiger partial charge is 0.241 e. The number of nitrogens with zero attached hydrogens (tertiary/aromatic N) is 2. The van der Waals surface area contributed by atoms with Crippen LogP contribution >= 0.6 is 11.3 Å². The van der Waals surface area contributed by atoms with Crippen LogP contribution in [0.25, 0.3) is 0 Å². The molecule has 2 atom stereocenters. The Labute approximate surface area is 125 Å². The molecule has 1 aliphatic heterocycles. The van der Waals surface area contributed by atoms with Gasteiger partial charge >= 0.3 is 0 Å². The number of rotatable bonds is 6. The van der Waals surface area contributed by atoms with Crippen molar-refractivity contribution in [2.75, 3.05) is 20.1 Å². The van der Waals surface area contributed by atoms with E-state index in [0.29, 0.717) is 6.04 Å². The van der Waals surface area contributed by atoms with Gasteiger partial charge in [0.1, 0.15) is 6.17 Å². The maximum absolute atomic E-state index is 12.3. The van der Waals surface area contributed by atoms with E-state index in [4.69, 9.17) is 0 Å². The fraction of sp³-hybridized carbons (Fsp3) is 0.667. The van der Waals surface area contributed by atoms with Crippen LogP contribution in [0.2, 0.25) is 0 Å². The van der Waals surface area contributed by atoms with Crippen molar-refractivity contribution in [2.24, 2.45) is 0 Å². The monoisotopic (exact) mass is 295 g/mol. The molecule has 2 rings (SSSR count). The summed E-state index contributed by atoms with van der Waals surface area (Å²) in [5.41, 5.74) is 0. The predicted octanol–water partition coefficient (Wildman–Crippen LogP) is 2.30. The molecule has 0 bridgehead atoms. The zero-order valence-corrected chi connectivity index (χ0v) is 13.6. The van der Waals surface area contributed by atoms with E-state index >= 15 is 0 Å². The molecule has 1 fully saturated rings. The minimum absolute atomic E-state index is 0.0573. The van der Waals surface area contributed by atoms with Crippen molar-refractivity contribution in [3.8, 4) is 0 Å². The molecule has 0 aromatic carbocycles. The third-order valence-corrected chi connectivity index (χ3v) is 4.90. The highest BCUT2D eigenvalue weighted by molar-refractivity contribution is 7.10. The Morgan fingerprint density at radius 3 is 2.85 bits per heavy atom. The number of amides is 1. The summed E-state index contributed by atoms with van der Waals surface area (Å²) < 4.78 is 0. The lowest BCUT2D eigenvalue weighted by molar-refractivity contribution is -0.129. The van der Waals surface area contributed by atoms with Gasteiger partial charge in [0.15, 0.2) is 0 Å². The van der Waals surface area contributed by atoms with Crippen molar-refractivity contribution in [3.05, 3.63) is 22.4 Å². The average Bonchev–Trinajstić information content (AvgIpc) is 3.01. The van der Waals surface area contributed by atoms with Crippen molar-refractivity contribution < 1.29 is 4.79 Å². The zero-order valence-electron chi connectivity index (χ0n) is 12.8. The molecule has 4 nitrogen and oxygen atoms in total. The summed E-state index contributed by atoms with van der Waals surface area (Å²) in [5.74, 6) is 0.218. The molecule has 0 aliphatic carbocycles. The van der Waals surface area contributed by atoms with E-state index in [-0.39, 0.29) is 18.1 Å². The number of carbonyl (C=O) groups is 1. The van der Waals surface area contributed by atoms with E-state index in [0.717, 1.165) is 19.5 Å². The average molecular weight is 295 g/mol. The van der Waals surface area contributed by atoms with E-state index in [9.17, 15) is 4.79 Å². The molecule has 0 spiro atoms. The summed E-state index contributed by atoms with van der Waals surface area (Å²) in [5, 5.41) is 5.45. The van der Waals surface area contributed by atoms with Gasteiger partial charge in [-0.05, 0) is 52.2 Å². The molecule has 1 aliphatic rings. The quantitative estimate of drug-likeness (QED) is 0.875. The lowest BCUT2D eigenvalue weighted by Crippen LogP contribution is -2.34. The predicted molar refractivity (Wildman–Crippen MR) is 83.8 cm³/mol. The van der Waals surface area contributed by atoms with Crippen molar-refractivity contribution in [1.29, 1.82) is 0 Å². The molecule has 1 aromatic heterocycles. The van der Waals surface area contributed by atoms with Gasteiger partial charge in [-0.2, -0.15) is 0 Å². The van der Waals surface area contributed by atoms with Gasteiger partial charge in [-0.15, -0.1) is 11.3 Å². The maximum atomic E-state index is 12.3. The molecule has 2 heterocycles. The molecule has 0 saturated carbocycles. The van der Waals surface area contributed by atoms with Crippen LogP contribution in [0.5, 0.6) is 0 Å². The highest BCUT2D eigenvalue weighted by atomic mass is 32.1. The van der Waals surface area contributed by atoms with E-state index < -0.39 is 0 Å². The lowest BCUT2D eigenvalue weighted by atomic mass is 10.2. The van der Waals surface area contributed by atoms with E-state index in [1.165, 1.54) is 4.88 Å². The molecule has 1 amide bonds. The highest BCUT2D eigenvalue weighted by Crippen LogP contribution is 2.28. The SMILES string of the molecule is CC1NC(c2cccs2)N(CCCN(C)C(C)C)C1=O. The summed E-state index contributed by atoms with van der Waals surface area (Å²) >= 11 is 1.71. The molecule has 5 heteroatoms. The number of carbonyl (C=O) groups excluding carboxylic acids is 1. The Kier molecular flexibility index (Phi) is 5.18. The second kappa shape index (κ2) is 6.70. The van der Waals surface area contributed by atoms with Gasteiger partial charge in [0.25, 0.3) is 0 Å². The number of hydrogen-bond acceptors (Lipinski definition) is 4. The van der Waals surface area contributed by atoms with Crippen LogP contribution in [0.4, 0.5) is 0 Å². The van der Waals surface area contributed by atoms with Crippen molar-refractivity contribution >= 4 is 17.2 Å². The largest absolute Gasteiger partial charge is 0.321 e. The molecular weight excluding hydrogens is 270 g/mol. The normalized spacial score (nSPS) is 23.3. The van der Waals surface area contributed by atoms with Crippen LogP contribution in [0.15, 0.2) is 17.5 Å². The molecule has 20 heavy (non-hydrogen) atoms. The van der Waals surface area contributed by atoms with Crippen LogP contribution < -0.4 is 5.32 Å². The first-order valence-corrected chi connectivity index (χ1v) is 8.19. The topological polar surface area (TPSA) is 35.6 Å². The van der Waals surface area contributed by atoms with Gasteiger partial charge < -0.3 is 9.80 Å². The first kappa shape index (κ1) is 15.5. The van der Waals surface area contributed by atoms with Crippen LogP contribution in [0.3, 0.4) is 0 Å². The van der Waals surface area contributed by atoms with Gasteiger partial charge in [0, 0.05) is 17.5 Å². The Morgan fingerprint density at radius 2 is 2.25 bits per heavy atom. The minimum Gasteiger partial charge on any atom is -0.321 e. The number of hydrogen-bond donors (Lipinski definition) is 1. The van der Waals surface area contributed by atoms with Crippen LogP contribution in [0.1, 0.15) is 38.2 Å². The molecule has 1 saturated heterocycles. The third kappa shape index (κ3) is 3.40. The molecule has 1 aromatic rings. The zero-order chi connectivity index (χ0) is 14.7. The van der Waals surface area contributed by atoms with Gasteiger partial charge in [-0.3, -0.25) is 10.1 Å². The maximum Gasteiger partial charge on any atom is 0.241 e. The fourth-order valence-corrected chi connectivity index (χ4v) is 3.24. The Balaban J connectivity index is 1.95. The summed E-state index contributed by atoms with van der Waals surface area (Å²) in [6.45, 7) is 8.17. The Hall–Kier alpha value is -0.910. The Bertz CT molecular complexity index is 432. The minimum atomic E-state index is -0.0788. The van der Waals surface area contributed by atoms with Crippen LogP contribution in [0, 0.1) is 0 Å². The molecule has 1 N–H and O–H groups in total. The van der Waals surface area contributed by atoms with Crippen LogP contribution in [-0.2, 0) is 4.79 Å². The summed E-state index contributed by atoms with van der Waals surface area (Å²) in [6, 6.07) is 4.61. The van der Waals surface area contributed by atoms with Crippen molar-refractivity contribution in [1.82, 2.24) is 15.1 Å². The molecule has 112 valence electrons. The van der Waals surface area contributed by atoms with Gasteiger partial charge in [0.2, 0.25) is 5.91 Å². The number of thiophene rings is 1. The molecule has 2 unspecified atom stereocenters. The fourth-order valence-electron chi connectivity index (χ4n) is 2.44. The van der Waals surface area contributed by atoms with E-state index in [1.807, 2.05) is 17.9 Å². The molecular formula is C15H25N3OS. The van der Waals surface area contributed by atoms with Crippen molar-refractivity contribution in [3.63, 3.8) is 0 Å². The number of nitrogens with one attached hydrogen (secondary N) is 1. The van der Waals surface area contributed by atoms with E-state index in [2.05, 4.69) is 42.6 Å². The van der Waals surface area contributed by atoms with Gasteiger partial charge in [-0.25, -0.2) is 0 Å². The lowest BCUT2D eigenvalue weighted by Gasteiger charge is -2.26. The van der Waals surface area contributed by atoms with E-state index in [1.54, 1.807) is 11.3 Å².